The van der Waals surface area contributed by atoms with Crippen molar-refractivity contribution in [2.45, 2.75) is 51.6 Å². The molecule has 0 saturated heterocycles. The van der Waals surface area contributed by atoms with Gasteiger partial charge in [-0.2, -0.15) is 0 Å². The summed E-state index contributed by atoms with van der Waals surface area (Å²) < 4.78 is 29.0. The Morgan fingerprint density at radius 3 is 2.48 bits per heavy atom. The van der Waals surface area contributed by atoms with Crippen LogP contribution in [-0.2, 0) is 19.7 Å². The quantitative estimate of drug-likeness (QED) is 0.460. The molecule has 0 bridgehead atoms. The van der Waals surface area contributed by atoms with E-state index >= 15 is 0 Å². The van der Waals surface area contributed by atoms with E-state index in [1.54, 1.807) is 26.4 Å². The minimum Gasteiger partial charge on any atom is -0.379 e. The van der Waals surface area contributed by atoms with Crippen LogP contribution in [0.1, 0.15) is 44.6 Å². The van der Waals surface area contributed by atoms with Gasteiger partial charge >= 0.3 is 9.53 Å². The lowest BCUT2D eigenvalue weighted by molar-refractivity contribution is 0.0892. The molecule has 0 saturated carbocycles. The fourth-order valence-electron chi connectivity index (χ4n) is 2.27. The van der Waals surface area contributed by atoms with Crippen molar-refractivity contribution in [2.75, 3.05) is 14.2 Å². The Balaban J connectivity index is 2.04. The second-order valence-corrected chi connectivity index (χ2v) is 7.08. The van der Waals surface area contributed by atoms with Gasteiger partial charge in [-0.25, -0.2) is 4.39 Å². The van der Waals surface area contributed by atoms with Crippen LogP contribution in [-0.4, -0.2) is 29.9 Å². The highest BCUT2D eigenvalue weighted by atomic mass is 28.3. The molecule has 0 heterocycles. The Morgan fingerprint density at radius 2 is 1.81 bits per heavy atom. The summed E-state index contributed by atoms with van der Waals surface area (Å²) in [6.07, 6.45) is 6.74. The van der Waals surface area contributed by atoms with E-state index in [9.17, 15) is 4.39 Å². The van der Waals surface area contributed by atoms with E-state index in [1.807, 2.05) is 6.07 Å². The summed E-state index contributed by atoms with van der Waals surface area (Å²) in [6.45, 7) is 2.06. The third-order valence-corrected chi connectivity index (χ3v) is 4.90. The Morgan fingerprint density at radius 1 is 1.10 bits per heavy atom. The van der Waals surface area contributed by atoms with E-state index in [0.717, 1.165) is 31.2 Å². The maximum atomic E-state index is 13.0. The van der Waals surface area contributed by atoms with Gasteiger partial charge in [-0.1, -0.05) is 31.4 Å². The van der Waals surface area contributed by atoms with Crippen molar-refractivity contribution < 1.29 is 17.7 Å². The zero-order chi connectivity index (χ0) is 15.5. The highest BCUT2D eigenvalue weighted by Gasteiger charge is 2.14. The van der Waals surface area contributed by atoms with Crippen LogP contribution in [0.4, 0.5) is 4.39 Å². The number of halogens is 1. The van der Waals surface area contributed by atoms with Gasteiger partial charge in [0.15, 0.2) is 0 Å². The molecule has 120 valence electrons. The molecule has 5 heteroatoms. The molecule has 0 aliphatic rings. The van der Waals surface area contributed by atoms with E-state index < -0.39 is 9.53 Å². The van der Waals surface area contributed by atoms with Gasteiger partial charge in [-0.05, 0) is 43.9 Å². The van der Waals surface area contributed by atoms with Gasteiger partial charge in [-0.3, -0.25) is 0 Å². The van der Waals surface area contributed by atoms with Crippen LogP contribution in [0.3, 0.4) is 0 Å². The van der Waals surface area contributed by atoms with Crippen LogP contribution in [0, 0.1) is 5.82 Å². The van der Waals surface area contributed by atoms with E-state index in [4.69, 9.17) is 13.3 Å². The second-order valence-electron chi connectivity index (χ2n) is 5.29. The van der Waals surface area contributed by atoms with E-state index in [0.29, 0.717) is 0 Å². The minimum atomic E-state index is -1.90. The molecule has 0 amide bonds. The molecule has 1 aromatic rings. The van der Waals surface area contributed by atoms with Crippen LogP contribution >= 0.6 is 0 Å². The molecule has 0 N–H and O–H groups in total. The van der Waals surface area contributed by atoms with E-state index in [1.165, 1.54) is 18.9 Å². The third-order valence-electron chi connectivity index (χ3n) is 3.44. The smallest absolute Gasteiger partial charge is 0.379 e. The lowest BCUT2D eigenvalue weighted by atomic mass is 10.0. The number of benzene rings is 1. The maximum Gasteiger partial charge on any atom is 0.483 e. The van der Waals surface area contributed by atoms with Crippen molar-refractivity contribution in [3.8, 4) is 0 Å². The van der Waals surface area contributed by atoms with Gasteiger partial charge in [0.2, 0.25) is 0 Å². The average molecular weight is 314 g/mol. The summed E-state index contributed by atoms with van der Waals surface area (Å²) in [5.74, 6) is -0.145. The number of hydrogen-bond acceptors (Lipinski definition) is 3. The van der Waals surface area contributed by atoms with Crippen LogP contribution in [0.15, 0.2) is 24.3 Å². The first-order chi connectivity index (χ1) is 10.2. The predicted octanol–water partition coefficient (Wildman–Crippen LogP) is 3.73. The number of aryl methyl sites for hydroxylation is 1. The van der Waals surface area contributed by atoms with Crippen molar-refractivity contribution in [2.24, 2.45) is 0 Å². The molecule has 0 radical (unpaired) electrons. The van der Waals surface area contributed by atoms with Crippen LogP contribution in [0.2, 0.25) is 0 Å². The molecule has 0 fully saturated rings. The van der Waals surface area contributed by atoms with E-state index in [2.05, 4.69) is 6.92 Å². The van der Waals surface area contributed by atoms with Crippen molar-refractivity contribution in [1.82, 2.24) is 0 Å². The van der Waals surface area contributed by atoms with Crippen LogP contribution < -0.4 is 0 Å². The Hall–Kier alpha value is -0.753. The lowest BCUT2D eigenvalue weighted by Gasteiger charge is -2.17. The zero-order valence-electron chi connectivity index (χ0n) is 13.3. The Labute approximate surface area is 129 Å². The molecule has 1 atom stereocenters. The standard InChI is InChI=1S/C16H27FO3Si/c1-14(20-21(18-2)19-3)9-6-4-5-7-10-15-11-8-12-16(17)13-15/h8,11-14,21H,4-7,9-10H2,1-3H3. The molecule has 0 aliphatic heterocycles. The van der Waals surface area contributed by atoms with Crippen molar-refractivity contribution in [3.63, 3.8) is 0 Å². The molecule has 1 aromatic carbocycles. The van der Waals surface area contributed by atoms with Gasteiger partial charge in [0.05, 0.1) is 0 Å². The number of unbranched alkanes of at least 4 members (excludes halogenated alkanes) is 3. The summed E-state index contributed by atoms with van der Waals surface area (Å²) in [6, 6.07) is 6.87. The predicted molar refractivity (Wildman–Crippen MR) is 84.9 cm³/mol. The highest BCUT2D eigenvalue weighted by Crippen LogP contribution is 2.12. The molecule has 1 unspecified atom stereocenters. The number of hydrogen-bond donors (Lipinski definition) is 0. The van der Waals surface area contributed by atoms with Crippen LogP contribution in [0.5, 0.6) is 0 Å². The second kappa shape index (κ2) is 10.9. The number of rotatable bonds is 11. The van der Waals surface area contributed by atoms with Crippen molar-refractivity contribution >= 4 is 9.53 Å². The Kier molecular flexibility index (Phi) is 9.50. The first-order valence-corrected chi connectivity index (χ1v) is 9.02. The normalized spacial score (nSPS) is 12.8. The van der Waals surface area contributed by atoms with Crippen LogP contribution in [0.25, 0.3) is 0 Å². The average Bonchev–Trinajstić information content (AvgIpc) is 2.48. The van der Waals surface area contributed by atoms with Gasteiger partial charge in [0, 0.05) is 20.3 Å². The maximum absolute atomic E-state index is 13.0. The fourth-order valence-corrected chi connectivity index (χ4v) is 3.20. The largest absolute Gasteiger partial charge is 0.483 e. The molecule has 21 heavy (non-hydrogen) atoms. The summed E-state index contributed by atoms with van der Waals surface area (Å²) in [5, 5.41) is 0. The molecule has 1 rings (SSSR count). The van der Waals surface area contributed by atoms with Crippen molar-refractivity contribution in [1.29, 1.82) is 0 Å². The Bertz CT molecular complexity index is 386. The zero-order valence-corrected chi connectivity index (χ0v) is 14.5. The van der Waals surface area contributed by atoms with Gasteiger partial charge < -0.3 is 13.3 Å². The minimum absolute atomic E-state index is 0.145. The first kappa shape index (κ1) is 18.3. The third kappa shape index (κ3) is 8.31. The van der Waals surface area contributed by atoms with Gasteiger partial charge in [0.25, 0.3) is 0 Å². The lowest BCUT2D eigenvalue weighted by Crippen LogP contribution is -2.28. The summed E-state index contributed by atoms with van der Waals surface area (Å²) >= 11 is 0. The topological polar surface area (TPSA) is 27.7 Å². The monoisotopic (exact) mass is 314 g/mol. The molecular formula is C16H27FO3Si. The molecule has 0 spiro atoms. The summed E-state index contributed by atoms with van der Waals surface area (Å²) in [4.78, 5) is 0. The summed E-state index contributed by atoms with van der Waals surface area (Å²) in [7, 11) is 1.35. The SMILES string of the molecule is CO[SiH](OC)OC(C)CCCCCCc1cccc(F)c1. The first-order valence-electron chi connectivity index (χ1n) is 7.61. The molecule has 0 aromatic heterocycles. The van der Waals surface area contributed by atoms with Crippen molar-refractivity contribution in [3.05, 3.63) is 35.6 Å². The van der Waals surface area contributed by atoms with E-state index in [-0.39, 0.29) is 11.9 Å². The highest BCUT2D eigenvalue weighted by molar-refractivity contribution is 6.36. The van der Waals surface area contributed by atoms with Gasteiger partial charge in [-0.15, -0.1) is 0 Å². The molecule has 3 nitrogen and oxygen atoms in total. The van der Waals surface area contributed by atoms with Gasteiger partial charge in [0.1, 0.15) is 5.82 Å². The molecule has 0 aliphatic carbocycles. The molecular weight excluding hydrogens is 287 g/mol. The summed E-state index contributed by atoms with van der Waals surface area (Å²) in [5.41, 5.74) is 1.08. The fraction of sp³-hybridized carbons (Fsp3) is 0.625.